The topological polar surface area (TPSA) is 53.6 Å². The zero-order valence-electron chi connectivity index (χ0n) is 13.1. The van der Waals surface area contributed by atoms with Crippen molar-refractivity contribution in [1.29, 1.82) is 0 Å². The minimum Gasteiger partial charge on any atom is -0.385 e. The average Bonchev–Trinajstić information content (AvgIpc) is 2.47. The average molecular weight is 420 g/mol. The van der Waals surface area contributed by atoms with Gasteiger partial charge in [-0.15, -0.1) is 24.0 Å². The molecule has 124 valence electrons. The van der Waals surface area contributed by atoms with Crippen molar-refractivity contribution in [2.45, 2.75) is 26.2 Å². The van der Waals surface area contributed by atoms with Crippen molar-refractivity contribution >= 4 is 35.6 Å². The van der Waals surface area contributed by atoms with Crippen LogP contribution in [0.4, 0.5) is 10.1 Å². The van der Waals surface area contributed by atoms with Gasteiger partial charge in [0.25, 0.3) is 0 Å². The minimum atomic E-state index is -0.221. The molecule has 6 heteroatoms. The summed E-state index contributed by atoms with van der Waals surface area (Å²) in [6.45, 7) is 5.73. The Kier molecular flexibility index (Phi) is 8.52. The Morgan fingerprint density at radius 2 is 2.32 bits per heavy atom. The molecule has 1 aliphatic rings. The predicted octanol–water partition coefficient (Wildman–Crippen LogP) is 3.29. The normalized spacial score (nSPS) is 18.7. The molecular formula is C16H26FIN4. The zero-order chi connectivity index (χ0) is 15.1. The molecule has 2 rings (SSSR count). The first kappa shape index (κ1) is 19.0. The van der Waals surface area contributed by atoms with Crippen LogP contribution in [0.1, 0.15) is 26.2 Å². The van der Waals surface area contributed by atoms with Gasteiger partial charge in [-0.1, -0.05) is 13.0 Å². The van der Waals surface area contributed by atoms with E-state index in [1.54, 1.807) is 6.07 Å². The molecule has 0 saturated carbocycles. The van der Waals surface area contributed by atoms with Crippen molar-refractivity contribution in [1.82, 2.24) is 4.90 Å². The van der Waals surface area contributed by atoms with Crippen LogP contribution in [0.2, 0.25) is 0 Å². The van der Waals surface area contributed by atoms with Crippen LogP contribution in [-0.4, -0.2) is 37.0 Å². The van der Waals surface area contributed by atoms with Gasteiger partial charge in [0.05, 0.1) is 0 Å². The van der Waals surface area contributed by atoms with Crippen LogP contribution in [0.15, 0.2) is 29.3 Å². The molecule has 0 bridgehead atoms. The summed E-state index contributed by atoms with van der Waals surface area (Å²) >= 11 is 0. The summed E-state index contributed by atoms with van der Waals surface area (Å²) in [5.41, 5.74) is 6.83. The number of likely N-dealkylation sites (tertiary alicyclic amines) is 1. The molecule has 1 atom stereocenters. The fraction of sp³-hybridized carbons (Fsp3) is 0.562. The number of piperidine rings is 1. The second-order valence-corrected chi connectivity index (χ2v) is 5.72. The molecule has 0 aromatic heterocycles. The molecule has 1 aromatic carbocycles. The zero-order valence-corrected chi connectivity index (χ0v) is 15.4. The van der Waals surface area contributed by atoms with E-state index in [0.717, 1.165) is 31.7 Å². The van der Waals surface area contributed by atoms with Gasteiger partial charge in [0.2, 0.25) is 0 Å². The lowest BCUT2D eigenvalue weighted by molar-refractivity contribution is 0.270. The number of anilines is 1. The highest BCUT2D eigenvalue weighted by molar-refractivity contribution is 14.0. The highest BCUT2D eigenvalue weighted by Crippen LogP contribution is 2.14. The maximum absolute atomic E-state index is 13.0. The number of aliphatic imine (C=N–C) groups is 1. The quantitative estimate of drug-likeness (QED) is 0.333. The predicted molar refractivity (Wildman–Crippen MR) is 101 cm³/mol. The number of benzene rings is 1. The first-order chi connectivity index (χ1) is 10.1. The van der Waals surface area contributed by atoms with E-state index in [0.29, 0.717) is 18.4 Å². The Bertz CT molecular complexity index is 481. The molecule has 4 nitrogen and oxygen atoms in total. The van der Waals surface area contributed by atoms with Gasteiger partial charge >= 0.3 is 0 Å². The standard InChI is InChI=1S/C16H25FN4.HI/c1-13-5-3-10-21(12-13)16(18)20-9-4-8-19-15-7-2-6-14(17)11-15;/h2,6-7,11,13,19H,3-5,8-10,12H2,1H3,(H2,18,20);1H. The summed E-state index contributed by atoms with van der Waals surface area (Å²) in [4.78, 5) is 6.61. The molecule has 1 unspecified atom stereocenters. The van der Waals surface area contributed by atoms with Crippen molar-refractivity contribution < 1.29 is 4.39 Å². The molecule has 1 heterocycles. The van der Waals surface area contributed by atoms with E-state index in [2.05, 4.69) is 22.1 Å². The summed E-state index contributed by atoms with van der Waals surface area (Å²) in [5, 5.41) is 3.18. The number of halogens is 2. The first-order valence-corrected chi connectivity index (χ1v) is 7.69. The van der Waals surface area contributed by atoms with Gasteiger partial charge in [0.15, 0.2) is 5.96 Å². The SMILES string of the molecule is CC1CCCN(C(N)=NCCCNc2cccc(F)c2)C1.I. The van der Waals surface area contributed by atoms with Crippen molar-refractivity contribution in [2.75, 3.05) is 31.5 Å². The summed E-state index contributed by atoms with van der Waals surface area (Å²) < 4.78 is 13.0. The third-order valence-corrected chi connectivity index (χ3v) is 3.74. The molecule has 1 saturated heterocycles. The molecule has 1 aromatic rings. The lowest BCUT2D eigenvalue weighted by Crippen LogP contribution is -2.43. The minimum absolute atomic E-state index is 0. The van der Waals surface area contributed by atoms with E-state index in [9.17, 15) is 4.39 Å². The molecule has 0 spiro atoms. The molecule has 22 heavy (non-hydrogen) atoms. The van der Waals surface area contributed by atoms with Gasteiger partial charge in [-0.05, 0) is 43.4 Å². The summed E-state index contributed by atoms with van der Waals surface area (Å²) in [6.07, 6.45) is 3.35. The lowest BCUT2D eigenvalue weighted by Gasteiger charge is -2.31. The molecule has 3 N–H and O–H groups in total. The van der Waals surface area contributed by atoms with E-state index in [1.807, 2.05) is 6.07 Å². The van der Waals surface area contributed by atoms with Gasteiger partial charge in [0, 0.05) is 31.9 Å². The van der Waals surface area contributed by atoms with E-state index in [-0.39, 0.29) is 29.8 Å². The van der Waals surface area contributed by atoms with Crippen LogP contribution in [0.25, 0.3) is 0 Å². The third-order valence-electron chi connectivity index (χ3n) is 3.74. The number of nitrogens with two attached hydrogens (primary N) is 1. The summed E-state index contributed by atoms with van der Waals surface area (Å²) in [7, 11) is 0. The largest absolute Gasteiger partial charge is 0.385 e. The Morgan fingerprint density at radius 1 is 1.50 bits per heavy atom. The fourth-order valence-corrected chi connectivity index (χ4v) is 2.60. The Morgan fingerprint density at radius 3 is 3.05 bits per heavy atom. The van der Waals surface area contributed by atoms with E-state index < -0.39 is 0 Å². The number of rotatable bonds is 5. The third kappa shape index (κ3) is 6.37. The monoisotopic (exact) mass is 420 g/mol. The molecule has 0 radical (unpaired) electrons. The highest BCUT2D eigenvalue weighted by atomic mass is 127. The van der Waals surface area contributed by atoms with Gasteiger partial charge < -0.3 is 16.0 Å². The van der Waals surface area contributed by atoms with Crippen LogP contribution >= 0.6 is 24.0 Å². The van der Waals surface area contributed by atoms with E-state index in [1.165, 1.54) is 25.0 Å². The van der Waals surface area contributed by atoms with E-state index >= 15 is 0 Å². The van der Waals surface area contributed by atoms with Crippen molar-refractivity contribution in [3.05, 3.63) is 30.1 Å². The fourth-order valence-electron chi connectivity index (χ4n) is 2.60. The van der Waals surface area contributed by atoms with Crippen LogP contribution in [0, 0.1) is 11.7 Å². The Balaban J connectivity index is 0.00000242. The van der Waals surface area contributed by atoms with Crippen LogP contribution in [-0.2, 0) is 0 Å². The molecule has 0 aliphatic carbocycles. The first-order valence-electron chi connectivity index (χ1n) is 7.69. The smallest absolute Gasteiger partial charge is 0.191 e. The van der Waals surface area contributed by atoms with Gasteiger partial charge in [-0.25, -0.2) is 4.39 Å². The number of hydrogen-bond donors (Lipinski definition) is 2. The van der Waals surface area contributed by atoms with Crippen LogP contribution in [0.5, 0.6) is 0 Å². The Hall–Kier alpha value is -1.05. The van der Waals surface area contributed by atoms with Gasteiger partial charge in [-0.3, -0.25) is 4.99 Å². The van der Waals surface area contributed by atoms with Crippen molar-refractivity contribution in [2.24, 2.45) is 16.6 Å². The summed E-state index contributed by atoms with van der Waals surface area (Å²) in [6, 6.07) is 6.49. The van der Waals surface area contributed by atoms with Crippen molar-refractivity contribution in [3.8, 4) is 0 Å². The maximum atomic E-state index is 13.0. The number of hydrogen-bond acceptors (Lipinski definition) is 2. The second-order valence-electron chi connectivity index (χ2n) is 5.72. The lowest BCUT2D eigenvalue weighted by atomic mass is 10.0. The highest BCUT2D eigenvalue weighted by Gasteiger charge is 2.17. The maximum Gasteiger partial charge on any atom is 0.191 e. The summed E-state index contributed by atoms with van der Waals surface area (Å²) in [5.74, 6) is 1.14. The number of nitrogens with zero attached hydrogens (tertiary/aromatic N) is 2. The second kappa shape index (κ2) is 9.86. The molecule has 1 fully saturated rings. The van der Waals surface area contributed by atoms with Crippen molar-refractivity contribution in [3.63, 3.8) is 0 Å². The van der Waals surface area contributed by atoms with Gasteiger partial charge in [-0.2, -0.15) is 0 Å². The number of guanidine groups is 1. The molecular weight excluding hydrogens is 394 g/mol. The molecule has 1 aliphatic heterocycles. The molecule has 0 amide bonds. The Labute approximate surface area is 149 Å². The van der Waals surface area contributed by atoms with Gasteiger partial charge in [0.1, 0.15) is 5.82 Å². The number of nitrogens with one attached hydrogen (secondary N) is 1. The van der Waals surface area contributed by atoms with Crippen LogP contribution in [0.3, 0.4) is 0 Å². The van der Waals surface area contributed by atoms with Crippen LogP contribution < -0.4 is 11.1 Å². The van der Waals surface area contributed by atoms with E-state index in [4.69, 9.17) is 5.73 Å².